The van der Waals surface area contributed by atoms with E-state index in [0.717, 1.165) is 44.1 Å². The van der Waals surface area contributed by atoms with E-state index in [1.165, 1.54) is 32.1 Å². The summed E-state index contributed by atoms with van der Waals surface area (Å²) in [6.45, 7) is 3.92. The number of ether oxygens (including phenoxy) is 2. The minimum atomic E-state index is -0.517. The molecule has 1 heterocycles. The van der Waals surface area contributed by atoms with Gasteiger partial charge in [0.1, 0.15) is 0 Å². The number of nitrogens with one attached hydrogen (secondary N) is 1. The van der Waals surface area contributed by atoms with Gasteiger partial charge in [0.05, 0.1) is 13.0 Å². The second-order valence-electron chi connectivity index (χ2n) is 9.91. The predicted octanol–water partition coefficient (Wildman–Crippen LogP) is 3.55. The van der Waals surface area contributed by atoms with Gasteiger partial charge in [-0.05, 0) is 76.2 Å². The monoisotopic (exact) mass is 393 g/mol. The molecule has 1 aliphatic heterocycles. The molecular formula is C22H35NO5. The zero-order valence-corrected chi connectivity index (χ0v) is 17.1. The molecule has 6 heteroatoms. The van der Waals surface area contributed by atoms with Gasteiger partial charge >= 0.3 is 5.97 Å². The van der Waals surface area contributed by atoms with E-state index in [1.54, 1.807) is 0 Å². The third kappa shape index (κ3) is 3.40. The van der Waals surface area contributed by atoms with Crippen molar-refractivity contribution >= 4 is 5.97 Å². The molecule has 6 aliphatic rings. The molecule has 1 N–H and O–H groups in total. The van der Waals surface area contributed by atoms with Crippen molar-refractivity contribution in [2.75, 3.05) is 19.7 Å². The first-order valence-electron chi connectivity index (χ1n) is 11.5. The van der Waals surface area contributed by atoms with Crippen LogP contribution in [0.3, 0.4) is 0 Å². The maximum atomic E-state index is 11.4. The zero-order chi connectivity index (χ0) is 19.2. The summed E-state index contributed by atoms with van der Waals surface area (Å²) in [6, 6.07) is 0. The summed E-state index contributed by atoms with van der Waals surface area (Å²) in [5.74, 6) is 2.38. The van der Waals surface area contributed by atoms with Gasteiger partial charge in [0, 0.05) is 31.2 Å². The number of rotatable bonds is 6. The molecule has 5 saturated carbocycles. The fourth-order valence-corrected chi connectivity index (χ4v) is 6.85. The molecule has 6 rings (SSSR count). The SMILES string of the molecule is CCOC(=O)CCNCC1CCC2(CC1)OOC1(O2)C2CC3CC(C2)CC1C3. The molecule has 158 valence electrons. The molecule has 4 bridgehead atoms. The van der Waals surface area contributed by atoms with Gasteiger partial charge in [0.25, 0.3) is 0 Å². The van der Waals surface area contributed by atoms with Crippen LogP contribution in [0.4, 0.5) is 0 Å². The molecule has 0 radical (unpaired) electrons. The van der Waals surface area contributed by atoms with Gasteiger partial charge in [-0.1, -0.05) is 0 Å². The second-order valence-corrected chi connectivity index (χ2v) is 9.91. The minimum Gasteiger partial charge on any atom is -0.466 e. The van der Waals surface area contributed by atoms with Crippen molar-refractivity contribution < 1.29 is 24.0 Å². The van der Waals surface area contributed by atoms with Crippen molar-refractivity contribution in [3.8, 4) is 0 Å². The Morgan fingerprint density at radius 2 is 1.71 bits per heavy atom. The summed E-state index contributed by atoms with van der Waals surface area (Å²) < 4.78 is 11.7. The summed E-state index contributed by atoms with van der Waals surface area (Å²) >= 11 is 0. The van der Waals surface area contributed by atoms with Crippen LogP contribution in [0, 0.1) is 29.6 Å². The Morgan fingerprint density at radius 3 is 2.36 bits per heavy atom. The van der Waals surface area contributed by atoms with E-state index in [2.05, 4.69) is 5.32 Å². The third-order valence-electron chi connectivity index (χ3n) is 8.06. The van der Waals surface area contributed by atoms with E-state index < -0.39 is 11.6 Å². The lowest BCUT2D eigenvalue weighted by molar-refractivity contribution is -0.390. The van der Waals surface area contributed by atoms with Crippen LogP contribution in [0.15, 0.2) is 0 Å². The number of hydrogen-bond acceptors (Lipinski definition) is 6. The molecule has 0 aromatic heterocycles. The molecule has 5 aliphatic carbocycles. The van der Waals surface area contributed by atoms with E-state index in [4.69, 9.17) is 19.2 Å². The lowest BCUT2D eigenvalue weighted by Crippen LogP contribution is -2.59. The van der Waals surface area contributed by atoms with E-state index in [9.17, 15) is 4.79 Å². The Labute approximate surface area is 167 Å². The van der Waals surface area contributed by atoms with Crippen molar-refractivity contribution in [1.29, 1.82) is 0 Å². The Bertz CT molecular complexity index is 557. The van der Waals surface area contributed by atoms with E-state index in [-0.39, 0.29) is 5.97 Å². The molecule has 6 nitrogen and oxygen atoms in total. The normalized spacial score (nSPS) is 46.5. The van der Waals surface area contributed by atoms with Gasteiger partial charge < -0.3 is 14.8 Å². The largest absolute Gasteiger partial charge is 0.466 e. The minimum absolute atomic E-state index is 0.122. The van der Waals surface area contributed by atoms with Gasteiger partial charge in [-0.15, -0.1) is 0 Å². The Balaban J connectivity index is 1.10. The molecule has 0 aromatic rings. The average molecular weight is 394 g/mol. The summed E-state index contributed by atoms with van der Waals surface area (Å²) in [4.78, 5) is 23.5. The van der Waals surface area contributed by atoms with Crippen LogP contribution in [0.2, 0.25) is 0 Å². The van der Waals surface area contributed by atoms with Crippen molar-refractivity contribution in [2.24, 2.45) is 29.6 Å². The van der Waals surface area contributed by atoms with Crippen LogP contribution in [0.25, 0.3) is 0 Å². The van der Waals surface area contributed by atoms with Crippen LogP contribution in [-0.4, -0.2) is 37.2 Å². The average Bonchev–Trinajstić information content (AvgIpc) is 3.05. The molecule has 0 unspecified atom stereocenters. The first-order valence-corrected chi connectivity index (χ1v) is 11.5. The van der Waals surface area contributed by atoms with Crippen LogP contribution >= 0.6 is 0 Å². The highest BCUT2D eigenvalue weighted by Gasteiger charge is 2.66. The maximum Gasteiger partial charge on any atom is 0.307 e. The Hall–Kier alpha value is -0.690. The van der Waals surface area contributed by atoms with Crippen molar-refractivity contribution in [1.82, 2.24) is 5.32 Å². The molecule has 28 heavy (non-hydrogen) atoms. The quantitative estimate of drug-likeness (QED) is 0.423. The molecule has 0 atom stereocenters. The summed E-state index contributed by atoms with van der Waals surface area (Å²) in [5, 5.41) is 3.41. The number of hydrogen-bond donors (Lipinski definition) is 1. The topological polar surface area (TPSA) is 66.0 Å². The first-order chi connectivity index (χ1) is 13.6. The van der Waals surface area contributed by atoms with Gasteiger partial charge in [-0.25, -0.2) is 0 Å². The molecule has 2 spiro atoms. The van der Waals surface area contributed by atoms with Crippen LogP contribution in [-0.2, 0) is 24.0 Å². The van der Waals surface area contributed by atoms with E-state index in [1.807, 2.05) is 6.92 Å². The van der Waals surface area contributed by atoms with Gasteiger partial charge in [-0.3, -0.25) is 4.79 Å². The molecule has 0 amide bonds. The maximum absolute atomic E-state index is 11.4. The highest BCUT2D eigenvalue weighted by atomic mass is 17.3. The standard InChI is InChI=1S/C22H35NO5/c1-2-25-20(24)5-8-23-14-15-3-6-21(7-4-15)26-22(28-27-21)18-10-16-9-17(12-18)13-19(22)11-16/h15-19,23H,2-14H2,1H3. The molecule has 1 saturated heterocycles. The summed E-state index contributed by atoms with van der Waals surface area (Å²) in [6.07, 6.45) is 10.9. The number of esters is 1. The van der Waals surface area contributed by atoms with Gasteiger partial charge in [0.2, 0.25) is 11.6 Å². The van der Waals surface area contributed by atoms with Crippen LogP contribution < -0.4 is 5.32 Å². The first kappa shape index (κ1) is 19.3. The third-order valence-corrected chi connectivity index (χ3v) is 8.06. The van der Waals surface area contributed by atoms with Crippen LogP contribution in [0.1, 0.15) is 71.1 Å². The number of carbonyl (C=O) groups excluding carboxylic acids is 1. The predicted molar refractivity (Wildman–Crippen MR) is 102 cm³/mol. The molecular weight excluding hydrogens is 358 g/mol. The second kappa shape index (κ2) is 7.53. The fraction of sp³-hybridized carbons (Fsp3) is 0.955. The lowest BCUT2D eigenvalue weighted by Gasteiger charge is -2.57. The number of carbonyl (C=O) groups is 1. The highest BCUT2D eigenvalue weighted by Crippen LogP contribution is 2.63. The van der Waals surface area contributed by atoms with E-state index >= 15 is 0 Å². The Kier molecular flexibility index (Phi) is 5.19. The van der Waals surface area contributed by atoms with Crippen LogP contribution in [0.5, 0.6) is 0 Å². The van der Waals surface area contributed by atoms with Crippen molar-refractivity contribution in [3.05, 3.63) is 0 Å². The zero-order valence-electron chi connectivity index (χ0n) is 17.1. The molecule has 6 fully saturated rings. The summed E-state index contributed by atoms with van der Waals surface area (Å²) in [7, 11) is 0. The smallest absolute Gasteiger partial charge is 0.307 e. The fourth-order valence-electron chi connectivity index (χ4n) is 6.85. The van der Waals surface area contributed by atoms with Gasteiger partial charge in [0.15, 0.2) is 0 Å². The lowest BCUT2D eigenvalue weighted by atomic mass is 9.53. The van der Waals surface area contributed by atoms with Crippen molar-refractivity contribution in [2.45, 2.75) is 82.7 Å². The molecule has 0 aromatic carbocycles. The van der Waals surface area contributed by atoms with E-state index in [0.29, 0.717) is 37.3 Å². The van der Waals surface area contributed by atoms with Gasteiger partial charge in [-0.2, -0.15) is 9.78 Å². The Morgan fingerprint density at radius 1 is 1.04 bits per heavy atom. The highest BCUT2D eigenvalue weighted by molar-refractivity contribution is 5.69. The summed E-state index contributed by atoms with van der Waals surface area (Å²) in [5.41, 5.74) is 0. The van der Waals surface area contributed by atoms with Crippen molar-refractivity contribution in [3.63, 3.8) is 0 Å².